The second-order valence-corrected chi connectivity index (χ2v) is 8.47. The molecule has 2 aromatic heterocycles. The first kappa shape index (κ1) is 22.2. The Morgan fingerprint density at radius 2 is 2.17 bits per heavy atom. The highest BCUT2D eigenvalue weighted by Crippen LogP contribution is 2.22. The average molecular weight is 420 g/mol. The summed E-state index contributed by atoms with van der Waals surface area (Å²) in [6, 6.07) is 3.07. The van der Waals surface area contributed by atoms with Gasteiger partial charge in [-0.15, -0.1) is 0 Å². The van der Waals surface area contributed by atoms with Crippen molar-refractivity contribution in [3.05, 3.63) is 29.7 Å². The summed E-state index contributed by atoms with van der Waals surface area (Å²) in [7, 11) is 1.51. The number of methoxy groups -OCH3 is 1. The summed E-state index contributed by atoms with van der Waals surface area (Å²) in [5.41, 5.74) is 0.968. The van der Waals surface area contributed by atoms with Gasteiger partial charge in [-0.2, -0.15) is 0 Å². The standard InChI is InChI=1S/C21H29FN4O4/c1-21(2,3)30-20(28)24-15-8-10-26(12-17(15)27)9-7-13-14(22)11-23-16-5-6-18(29-4)25-19(13)16/h5-6,11,15,17,27H,7-10,12H2,1-4H3,(H,24,28). The monoisotopic (exact) mass is 420 g/mol. The topological polar surface area (TPSA) is 96.8 Å². The van der Waals surface area contributed by atoms with Crippen LogP contribution in [0.4, 0.5) is 9.18 Å². The van der Waals surface area contributed by atoms with Crippen LogP contribution in [0.5, 0.6) is 5.88 Å². The molecule has 1 aliphatic heterocycles. The van der Waals surface area contributed by atoms with Crippen molar-refractivity contribution in [3.63, 3.8) is 0 Å². The summed E-state index contributed by atoms with van der Waals surface area (Å²) in [6.45, 7) is 6.96. The number of nitrogens with zero attached hydrogens (tertiary/aromatic N) is 3. The van der Waals surface area contributed by atoms with Crippen molar-refractivity contribution in [2.45, 2.75) is 51.4 Å². The number of hydrogen-bond acceptors (Lipinski definition) is 7. The van der Waals surface area contributed by atoms with E-state index in [1.807, 2.05) is 4.90 Å². The number of hydrogen-bond donors (Lipinski definition) is 2. The minimum absolute atomic E-state index is 0.375. The number of ether oxygens (including phenoxy) is 2. The average Bonchev–Trinajstić information content (AvgIpc) is 2.67. The number of fused-ring (bicyclic) bond motifs is 1. The third-order valence-electron chi connectivity index (χ3n) is 4.99. The molecule has 3 rings (SSSR count). The molecule has 1 saturated heterocycles. The predicted molar refractivity (Wildman–Crippen MR) is 110 cm³/mol. The first-order valence-electron chi connectivity index (χ1n) is 10.0. The summed E-state index contributed by atoms with van der Waals surface area (Å²) in [6.07, 6.45) is 0.930. The van der Waals surface area contributed by atoms with Crippen molar-refractivity contribution < 1.29 is 23.8 Å². The number of likely N-dealkylation sites (tertiary alicyclic amines) is 1. The van der Waals surface area contributed by atoms with Crippen LogP contribution in [0.3, 0.4) is 0 Å². The van der Waals surface area contributed by atoms with Gasteiger partial charge >= 0.3 is 6.09 Å². The van der Waals surface area contributed by atoms with Crippen LogP contribution in [0.2, 0.25) is 0 Å². The van der Waals surface area contributed by atoms with Gasteiger partial charge in [0.05, 0.1) is 36.5 Å². The Bertz CT molecular complexity index is 902. The molecular weight excluding hydrogens is 391 g/mol. The molecule has 0 bridgehead atoms. The molecule has 9 heteroatoms. The van der Waals surface area contributed by atoms with E-state index in [0.717, 1.165) is 0 Å². The SMILES string of the molecule is COc1ccc2ncc(F)c(CCN3CCC(NC(=O)OC(C)(C)C)C(O)C3)c2n1. The molecule has 1 amide bonds. The lowest BCUT2D eigenvalue weighted by Crippen LogP contribution is -2.55. The van der Waals surface area contributed by atoms with E-state index >= 15 is 0 Å². The van der Waals surface area contributed by atoms with Gasteiger partial charge in [-0.25, -0.2) is 14.2 Å². The number of piperidine rings is 1. The quantitative estimate of drug-likeness (QED) is 0.766. The zero-order chi connectivity index (χ0) is 21.9. The van der Waals surface area contributed by atoms with Crippen molar-refractivity contribution in [3.8, 4) is 5.88 Å². The number of halogens is 1. The lowest BCUT2D eigenvalue weighted by Gasteiger charge is -2.36. The number of carbonyl (C=O) groups excluding carboxylic acids is 1. The molecule has 3 heterocycles. The molecule has 0 radical (unpaired) electrons. The molecule has 8 nitrogen and oxygen atoms in total. The minimum Gasteiger partial charge on any atom is -0.481 e. The molecule has 0 saturated carbocycles. The van der Waals surface area contributed by atoms with E-state index in [1.54, 1.807) is 32.9 Å². The summed E-state index contributed by atoms with van der Waals surface area (Å²) < 4.78 is 24.9. The zero-order valence-electron chi connectivity index (χ0n) is 17.8. The Labute approximate surface area is 175 Å². The highest BCUT2D eigenvalue weighted by molar-refractivity contribution is 5.78. The maximum atomic E-state index is 14.5. The fourth-order valence-electron chi connectivity index (χ4n) is 3.53. The Balaban J connectivity index is 1.60. The number of aliphatic hydroxyl groups excluding tert-OH is 1. The number of aliphatic hydroxyl groups is 1. The van der Waals surface area contributed by atoms with E-state index in [4.69, 9.17) is 9.47 Å². The van der Waals surface area contributed by atoms with Crippen LogP contribution in [0.25, 0.3) is 11.0 Å². The Morgan fingerprint density at radius 3 is 2.83 bits per heavy atom. The maximum absolute atomic E-state index is 14.5. The fourth-order valence-corrected chi connectivity index (χ4v) is 3.53. The molecule has 2 unspecified atom stereocenters. The van der Waals surface area contributed by atoms with Gasteiger partial charge in [0, 0.05) is 31.3 Å². The van der Waals surface area contributed by atoms with Crippen LogP contribution in [0.15, 0.2) is 18.3 Å². The Hall–Kier alpha value is -2.52. The molecule has 0 aromatic carbocycles. The Morgan fingerprint density at radius 1 is 1.40 bits per heavy atom. The van der Waals surface area contributed by atoms with E-state index in [2.05, 4.69) is 15.3 Å². The molecule has 2 aromatic rings. The number of nitrogens with one attached hydrogen (secondary N) is 1. The maximum Gasteiger partial charge on any atom is 0.407 e. The smallest absolute Gasteiger partial charge is 0.407 e. The van der Waals surface area contributed by atoms with Gasteiger partial charge in [0.2, 0.25) is 5.88 Å². The number of aromatic nitrogens is 2. The van der Waals surface area contributed by atoms with Crippen molar-refractivity contribution in [1.29, 1.82) is 0 Å². The zero-order valence-corrected chi connectivity index (χ0v) is 17.8. The normalized spacial score (nSPS) is 20.2. The fraction of sp³-hybridized carbons (Fsp3) is 0.571. The van der Waals surface area contributed by atoms with Crippen molar-refractivity contribution >= 4 is 17.1 Å². The minimum atomic E-state index is -0.733. The third-order valence-corrected chi connectivity index (χ3v) is 4.99. The van der Waals surface area contributed by atoms with Crippen LogP contribution in [-0.2, 0) is 11.2 Å². The van der Waals surface area contributed by atoms with Crippen LogP contribution < -0.4 is 10.1 Å². The number of carbonyl (C=O) groups is 1. The molecule has 164 valence electrons. The highest BCUT2D eigenvalue weighted by Gasteiger charge is 2.30. The highest BCUT2D eigenvalue weighted by atomic mass is 19.1. The number of alkyl carbamates (subject to hydrolysis) is 1. The lowest BCUT2D eigenvalue weighted by molar-refractivity contribution is 0.0203. The van der Waals surface area contributed by atoms with Gasteiger partial charge in [-0.3, -0.25) is 4.98 Å². The molecular formula is C21H29FN4O4. The van der Waals surface area contributed by atoms with E-state index in [1.165, 1.54) is 13.3 Å². The van der Waals surface area contributed by atoms with Gasteiger partial charge in [0.1, 0.15) is 11.4 Å². The second kappa shape index (κ2) is 9.09. The number of rotatable bonds is 5. The summed E-state index contributed by atoms with van der Waals surface area (Å²) >= 11 is 0. The van der Waals surface area contributed by atoms with Crippen LogP contribution >= 0.6 is 0 Å². The van der Waals surface area contributed by atoms with Crippen molar-refractivity contribution in [2.75, 3.05) is 26.7 Å². The largest absolute Gasteiger partial charge is 0.481 e. The molecule has 2 N–H and O–H groups in total. The number of pyridine rings is 2. The van der Waals surface area contributed by atoms with Gasteiger partial charge in [0.15, 0.2) is 0 Å². The van der Waals surface area contributed by atoms with Gasteiger partial charge < -0.3 is 24.8 Å². The van der Waals surface area contributed by atoms with Crippen LogP contribution in [-0.4, -0.2) is 70.6 Å². The molecule has 2 atom stereocenters. The van der Waals surface area contributed by atoms with Crippen LogP contribution in [0.1, 0.15) is 32.8 Å². The van der Waals surface area contributed by atoms with Gasteiger partial charge in [-0.1, -0.05) is 0 Å². The summed E-state index contributed by atoms with van der Waals surface area (Å²) in [4.78, 5) is 22.4. The molecule has 0 aliphatic carbocycles. The second-order valence-electron chi connectivity index (χ2n) is 8.47. The van der Waals surface area contributed by atoms with E-state index in [0.29, 0.717) is 55.0 Å². The first-order chi connectivity index (χ1) is 14.2. The predicted octanol–water partition coefficient (Wildman–Crippen LogP) is 2.28. The van der Waals surface area contributed by atoms with Gasteiger partial charge in [-0.05, 0) is 39.7 Å². The van der Waals surface area contributed by atoms with Crippen LogP contribution in [0, 0.1) is 5.82 Å². The van der Waals surface area contributed by atoms with Crippen molar-refractivity contribution in [1.82, 2.24) is 20.2 Å². The first-order valence-corrected chi connectivity index (χ1v) is 10.0. The van der Waals surface area contributed by atoms with E-state index in [9.17, 15) is 14.3 Å². The summed E-state index contributed by atoms with van der Waals surface area (Å²) in [5.74, 6) is -0.00844. The number of β-amino-alcohol motifs (C(OH)–C–C–N with tert-alkyl or cyclic N) is 1. The summed E-state index contributed by atoms with van der Waals surface area (Å²) in [5, 5.41) is 13.2. The molecule has 1 fully saturated rings. The molecule has 30 heavy (non-hydrogen) atoms. The third kappa shape index (κ3) is 5.54. The Kier molecular flexibility index (Phi) is 6.72. The van der Waals surface area contributed by atoms with Crippen molar-refractivity contribution in [2.24, 2.45) is 0 Å². The number of amides is 1. The van der Waals surface area contributed by atoms with E-state index in [-0.39, 0.29) is 6.04 Å². The van der Waals surface area contributed by atoms with E-state index < -0.39 is 23.6 Å². The molecule has 1 aliphatic rings. The lowest BCUT2D eigenvalue weighted by atomic mass is 10.0. The van der Waals surface area contributed by atoms with Gasteiger partial charge in [0.25, 0.3) is 0 Å². The molecule has 0 spiro atoms.